The Kier molecular flexibility index (Phi) is 5.85. The van der Waals surface area contributed by atoms with Crippen LogP contribution in [0.25, 0.3) is 11.1 Å². The van der Waals surface area contributed by atoms with Crippen molar-refractivity contribution in [1.82, 2.24) is 9.97 Å². The van der Waals surface area contributed by atoms with Crippen LogP contribution in [0.3, 0.4) is 0 Å². The Balaban J connectivity index is 2.25. The fourth-order valence-corrected chi connectivity index (χ4v) is 3.32. The molecule has 2 nitrogen and oxygen atoms in total. The van der Waals surface area contributed by atoms with Crippen LogP contribution in [0, 0.1) is 11.7 Å². The number of benzene rings is 1. The number of hydrogen-bond donors (Lipinski definition) is 0. The van der Waals surface area contributed by atoms with Gasteiger partial charge < -0.3 is 0 Å². The lowest BCUT2D eigenvalue weighted by atomic mass is 10.1. The summed E-state index contributed by atoms with van der Waals surface area (Å²) in [5, 5.41) is 0.501. The molecule has 0 aliphatic heterocycles. The Hall–Kier alpha value is -0.840. The molecule has 21 heavy (non-hydrogen) atoms. The van der Waals surface area contributed by atoms with Gasteiger partial charge in [0.05, 0.1) is 11.3 Å². The van der Waals surface area contributed by atoms with Crippen molar-refractivity contribution >= 4 is 35.0 Å². The van der Waals surface area contributed by atoms with Crippen molar-refractivity contribution in [3.05, 3.63) is 46.2 Å². The summed E-state index contributed by atoms with van der Waals surface area (Å²) in [6.07, 6.45) is 0. The zero-order valence-corrected chi connectivity index (χ0v) is 14.1. The van der Waals surface area contributed by atoms with E-state index in [1.165, 1.54) is 12.1 Å². The third-order valence-electron chi connectivity index (χ3n) is 2.66. The second-order valence-corrected chi connectivity index (χ2v) is 6.76. The van der Waals surface area contributed by atoms with Gasteiger partial charge in [0.2, 0.25) is 0 Å². The Labute approximate surface area is 138 Å². The molecular formula is C15H15Cl2FN2S. The van der Waals surface area contributed by atoms with Crippen LogP contribution in [0.5, 0.6) is 0 Å². The lowest BCUT2D eigenvalue weighted by Gasteiger charge is -2.09. The number of nitrogens with zero attached hydrogens (tertiary/aromatic N) is 2. The highest BCUT2D eigenvalue weighted by molar-refractivity contribution is 7.98. The molecule has 1 aromatic heterocycles. The molecule has 0 aliphatic rings. The molecule has 0 spiro atoms. The van der Waals surface area contributed by atoms with E-state index >= 15 is 0 Å². The summed E-state index contributed by atoms with van der Waals surface area (Å²) >= 11 is 14.1. The number of rotatable bonds is 5. The SMILES string of the molecule is CC(C)CSCc1nc(Cl)c(-c2cccc(F)c2)c(Cl)n1. The minimum atomic E-state index is -0.351. The Morgan fingerprint density at radius 3 is 2.43 bits per heavy atom. The van der Waals surface area contributed by atoms with Crippen molar-refractivity contribution < 1.29 is 4.39 Å². The molecule has 1 heterocycles. The van der Waals surface area contributed by atoms with Gasteiger partial charge in [-0.3, -0.25) is 0 Å². The number of hydrogen-bond acceptors (Lipinski definition) is 3. The first kappa shape index (κ1) is 16.5. The quantitative estimate of drug-likeness (QED) is 0.671. The van der Waals surface area contributed by atoms with Gasteiger partial charge in [0.1, 0.15) is 21.9 Å². The van der Waals surface area contributed by atoms with Crippen LogP contribution in [-0.4, -0.2) is 15.7 Å². The predicted octanol–water partition coefficient (Wildman–Crippen LogP) is 5.48. The lowest BCUT2D eigenvalue weighted by molar-refractivity contribution is 0.628. The third kappa shape index (κ3) is 4.56. The Bertz CT molecular complexity index is 612. The van der Waals surface area contributed by atoms with Gasteiger partial charge in [-0.25, -0.2) is 14.4 Å². The van der Waals surface area contributed by atoms with Gasteiger partial charge in [0, 0.05) is 0 Å². The topological polar surface area (TPSA) is 25.8 Å². The maximum Gasteiger partial charge on any atom is 0.142 e. The van der Waals surface area contributed by atoms with Crippen molar-refractivity contribution in [2.24, 2.45) is 5.92 Å². The molecule has 0 atom stereocenters. The molecule has 0 N–H and O–H groups in total. The van der Waals surface area contributed by atoms with E-state index in [2.05, 4.69) is 23.8 Å². The van der Waals surface area contributed by atoms with E-state index in [4.69, 9.17) is 23.2 Å². The predicted molar refractivity (Wildman–Crippen MR) is 88.4 cm³/mol. The van der Waals surface area contributed by atoms with Crippen molar-refractivity contribution in [3.63, 3.8) is 0 Å². The second-order valence-electron chi connectivity index (χ2n) is 5.02. The molecule has 0 unspecified atom stereocenters. The second kappa shape index (κ2) is 7.43. The molecular weight excluding hydrogens is 330 g/mol. The maximum absolute atomic E-state index is 13.3. The van der Waals surface area contributed by atoms with Crippen LogP contribution in [-0.2, 0) is 5.75 Å². The zero-order valence-electron chi connectivity index (χ0n) is 11.7. The van der Waals surface area contributed by atoms with E-state index in [0.717, 1.165) is 5.75 Å². The molecule has 0 amide bonds. The number of thioether (sulfide) groups is 1. The van der Waals surface area contributed by atoms with Crippen LogP contribution in [0.15, 0.2) is 24.3 Å². The fraction of sp³-hybridized carbons (Fsp3) is 0.333. The van der Waals surface area contributed by atoms with E-state index in [0.29, 0.717) is 28.6 Å². The smallest absolute Gasteiger partial charge is 0.142 e. The molecule has 6 heteroatoms. The summed E-state index contributed by atoms with van der Waals surface area (Å²) < 4.78 is 13.3. The molecule has 2 rings (SSSR count). The minimum absolute atomic E-state index is 0.251. The number of halogens is 3. The lowest BCUT2D eigenvalue weighted by Crippen LogP contribution is -1.99. The van der Waals surface area contributed by atoms with Crippen molar-refractivity contribution in [2.45, 2.75) is 19.6 Å². The zero-order chi connectivity index (χ0) is 15.4. The van der Waals surface area contributed by atoms with Gasteiger partial charge in [-0.1, -0.05) is 49.2 Å². The highest BCUT2D eigenvalue weighted by atomic mass is 35.5. The first-order valence-corrected chi connectivity index (χ1v) is 8.44. The molecule has 0 aliphatic carbocycles. The number of aromatic nitrogens is 2. The van der Waals surface area contributed by atoms with Crippen LogP contribution in [0.4, 0.5) is 4.39 Å². The molecule has 1 aromatic carbocycles. The van der Waals surface area contributed by atoms with Gasteiger partial charge in [0.25, 0.3) is 0 Å². The summed E-state index contributed by atoms with van der Waals surface area (Å²) in [6.45, 7) is 4.31. The monoisotopic (exact) mass is 344 g/mol. The van der Waals surface area contributed by atoms with Gasteiger partial charge in [-0.2, -0.15) is 11.8 Å². The first-order valence-electron chi connectivity index (χ1n) is 6.53. The standard InChI is InChI=1S/C15H15Cl2FN2S/c1-9(2)7-21-8-12-19-14(16)13(15(17)20-12)10-4-3-5-11(18)6-10/h3-6,9H,7-8H2,1-2H3. The van der Waals surface area contributed by atoms with E-state index in [1.54, 1.807) is 23.9 Å². The van der Waals surface area contributed by atoms with Crippen LogP contribution < -0.4 is 0 Å². The highest BCUT2D eigenvalue weighted by Gasteiger charge is 2.14. The third-order valence-corrected chi connectivity index (χ3v) is 4.57. The molecule has 0 radical (unpaired) electrons. The van der Waals surface area contributed by atoms with Crippen molar-refractivity contribution in [3.8, 4) is 11.1 Å². The van der Waals surface area contributed by atoms with Crippen molar-refractivity contribution in [1.29, 1.82) is 0 Å². The van der Waals surface area contributed by atoms with Crippen LogP contribution in [0.2, 0.25) is 10.3 Å². The molecule has 2 aromatic rings. The van der Waals surface area contributed by atoms with Gasteiger partial charge in [0.15, 0.2) is 0 Å². The molecule has 0 saturated carbocycles. The van der Waals surface area contributed by atoms with E-state index in [-0.39, 0.29) is 16.1 Å². The Morgan fingerprint density at radius 2 is 1.86 bits per heavy atom. The van der Waals surface area contributed by atoms with Crippen LogP contribution >= 0.6 is 35.0 Å². The molecule has 112 valence electrons. The largest absolute Gasteiger partial charge is 0.220 e. The summed E-state index contributed by atoms with van der Waals surface area (Å²) in [6, 6.07) is 6.06. The minimum Gasteiger partial charge on any atom is -0.220 e. The normalized spacial score (nSPS) is 11.1. The Morgan fingerprint density at radius 1 is 1.19 bits per heavy atom. The summed E-state index contributed by atoms with van der Waals surface area (Å²) in [5.74, 6) is 2.52. The van der Waals surface area contributed by atoms with E-state index < -0.39 is 0 Å². The van der Waals surface area contributed by atoms with E-state index in [9.17, 15) is 4.39 Å². The maximum atomic E-state index is 13.3. The molecule has 0 saturated heterocycles. The average Bonchev–Trinajstić information content (AvgIpc) is 2.37. The first-order chi connectivity index (χ1) is 9.97. The molecule has 0 bridgehead atoms. The summed E-state index contributed by atoms with van der Waals surface area (Å²) in [4.78, 5) is 8.53. The fourth-order valence-electron chi connectivity index (χ4n) is 1.78. The highest BCUT2D eigenvalue weighted by Crippen LogP contribution is 2.33. The van der Waals surface area contributed by atoms with Crippen molar-refractivity contribution in [2.75, 3.05) is 5.75 Å². The van der Waals surface area contributed by atoms with E-state index in [1.807, 2.05) is 0 Å². The summed E-state index contributed by atoms with van der Waals surface area (Å²) in [5.41, 5.74) is 1.04. The summed E-state index contributed by atoms with van der Waals surface area (Å²) in [7, 11) is 0. The van der Waals surface area contributed by atoms with Gasteiger partial charge in [-0.15, -0.1) is 0 Å². The van der Waals surface area contributed by atoms with Gasteiger partial charge in [-0.05, 0) is 29.4 Å². The molecule has 0 fully saturated rings. The average molecular weight is 345 g/mol. The van der Waals surface area contributed by atoms with Crippen LogP contribution in [0.1, 0.15) is 19.7 Å². The van der Waals surface area contributed by atoms with Gasteiger partial charge >= 0.3 is 0 Å².